The van der Waals surface area contributed by atoms with E-state index >= 15 is 0 Å². The second kappa shape index (κ2) is 7.18. The van der Waals surface area contributed by atoms with Crippen LogP contribution in [0.15, 0.2) is 17.5 Å². The number of hydrazone groups is 1. The molecule has 2 aromatic heterocycles. The third-order valence-corrected chi connectivity index (χ3v) is 3.32. The second-order valence-corrected chi connectivity index (χ2v) is 5.17. The largest absolute Gasteiger partial charge is 0.505 e. The highest BCUT2D eigenvalue weighted by molar-refractivity contribution is 7.15. The summed E-state index contributed by atoms with van der Waals surface area (Å²) < 4.78 is 0. The van der Waals surface area contributed by atoms with Gasteiger partial charge in [-0.3, -0.25) is 10.4 Å². The highest BCUT2D eigenvalue weighted by atomic mass is 35.5. The van der Waals surface area contributed by atoms with Crippen molar-refractivity contribution in [2.24, 2.45) is 5.10 Å². The van der Waals surface area contributed by atoms with Crippen molar-refractivity contribution in [3.8, 4) is 5.75 Å². The van der Waals surface area contributed by atoms with E-state index in [1.165, 1.54) is 23.7 Å². The maximum atomic E-state index is 9.91. The zero-order chi connectivity index (χ0) is 13.8. The Kier molecular flexibility index (Phi) is 5.87. The number of aliphatic hydroxyl groups is 1. The number of nitrogens with one attached hydrogen (secondary N) is 1. The van der Waals surface area contributed by atoms with Crippen LogP contribution in [0.25, 0.3) is 0 Å². The highest BCUT2D eigenvalue weighted by Crippen LogP contribution is 2.22. The summed E-state index contributed by atoms with van der Waals surface area (Å²) in [4.78, 5) is 9.16. The molecule has 0 saturated carbocycles. The molecule has 0 aromatic carbocycles. The summed E-state index contributed by atoms with van der Waals surface area (Å²) in [5, 5.41) is 23.8. The van der Waals surface area contributed by atoms with Gasteiger partial charge in [-0.25, -0.2) is 4.98 Å². The lowest BCUT2D eigenvalue weighted by Gasteiger charge is -2.06. The quantitative estimate of drug-likeness (QED) is 0.594. The minimum atomic E-state index is -0.210. The topological polar surface area (TPSA) is 90.6 Å². The van der Waals surface area contributed by atoms with E-state index in [-0.39, 0.29) is 24.8 Å². The molecule has 0 spiro atoms. The zero-order valence-corrected chi connectivity index (χ0v) is 12.6. The van der Waals surface area contributed by atoms with E-state index in [4.69, 9.17) is 0 Å². The van der Waals surface area contributed by atoms with Crippen molar-refractivity contribution in [3.63, 3.8) is 0 Å². The SMILES string of the molecule is Cc1cnc(N/N=C/c2c(CO)cnc(C)c2O)s1.Cl. The van der Waals surface area contributed by atoms with Gasteiger partial charge in [-0.2, -0.15) is 5.10 Å². The summed E-state index contributed by atoms with van der Waals surface area (Å²) in [6.07, 6.45) is 4.71. The van der Waals surface area contributed by atoms with E-state index in [0.29, 0.717) is 22.0 Å². The fraction of sp³-hybridized carbons (Fsp3) is 0.250. The molecule has 0 bridgehead atoms. The number of aryl methyl sites for hydroxylation is 2. The molecule has 3 N–H and O–H groups in total. The Morgan fingerprint density at radius 3 is 2.70 bits per heavy atom. The van der Waals surface area contributed by atoms with Crippen LogP contribution in [0.3, 0.4) is 0 Å². The van der Waals surface area contributed by atoms with Gasteiger partial charge >= 0.3 is 0 Å². The van der Waals surface area contributed by atoms with Crippen LogP contribution in [-0.2, 0) is 6.61 Å². The maximum Gasteiger partial charge on any atom is 0.203 e. The molecule has 2 heterocycles. The molecule has 0 atom stereocenters. The first-order chi connectivity index (χ1) is 9.11. The van der Waals surface area contributed by atoms with Crippen molar-refractivity contribution in [1.82, 2.24) is 9.97 Å². The van der Waals surface area contributed by atoms with Crippen molar-refractivity contribution < 1.29 is 10.2 Å². The number of rotatable bonds is 4. The molecule has 0 fully saturated rings. The van der Waals surface area contributed by atoms with Gasteiger partial charge in [-0.05, 0) is 13.8 Å². The van der Waals surface area contributed by atoms with E-state index in [2.05, 4.69) is 20.5 Å². The van der Waals surface area contributed by atoms with E-state index < -0.39 is 0 Å². The van der Waals surface area contributed by atoms with Gasteiger partial charge in [-0.1, -0.05) is 0 Å². The van der Waals surface area contributed by atoms with Crippen LogP contribution in [0.4, 0.5) is 5.13 Å². The third-order valence-electron chi connectivity index (χ3n) is 2.50. The summed E-state index contributed by atoms with van der Waals surface area (Å²) in [6.45, 7) is 3.43. The lowest BCUT2D eigenvalue weighted by atomic mass is 10.1. The van der Waals surface area contributed by atoms with Crippen LogP contribution < -0.4 is 5.43 Å². The van der Waals surface area contributed by atoms with E-state index in [9.17, 15) is 10.2 Å². The Labute approximate surface area is 126 Å². The third kappa shape index (κ3) is 3.66. The number of hydrogen-bond donors (Lipinski definition) is 3. The number of aromatic nitrogens is 2. The summed E-state index contributed by atoms with van der Waals surface area (Å²) in [7, 11) is 0. The molecule has 0 radical (unpaired) electrons. The Morgan fingerprint density at radius 2 is 2.10 bits per heavy atom. The first-order valence-electron chi connectivity index (χ1n) is 5.61. The van der Waals surface area contributed by atoms with Gasteiger partial charge in [0.25, 0.3) is 0 Å². The number of nitrogens with zero attached hydrogens (tertiary/aromatic N) is 3. The van der Waals surface area contributed by atoms with Gasteiger partial charge in [0.1, 0.15) is 5.75 Å². The summed E-state index contributed by atoms with van der Waals surface area (Å²) >= 11 is 1.48. The molecule has 0 unspecified atom stereocenters. The first kappa shape index (κ1) is 16.4. The van der Waals surface area contributed by atoms with Crippen LogP contribution in [0, 0.1) is 13.8 Å². The summed E-state index contributed by atoms with van der Waals surface area (Å²) in [5.74, 6) is 0.0208. The van der Waals surface area contributed by atoms with Crippen molar-refractivity contribution >= 4 is 35.1 Å². The molecule has 2 aromatic rings. The molecule has 0 saturated heterocycles. The monoisotopic (exact) mass is 314 g/mol. The molecule has 2 rings (SSSR count). The molecule has 108 valence electrons. The number of halogens is 1. The highest BCUT2D eigenvalue weighted by Gasteiger charge is 2.09. The van der Waals surface area contributed by atoms with Gasteiger partial charge in [0.15, 0.2) is 0 Å². The van der Waals surface area contributed by atoms with Gasteiger partial charge < -0.3 is 10.2 Å². The van der Waals surface area contributed by atoms with Gasteiger partial charge in [0.2, 0.25) is 5.13 Å². The molecule has 0 amide bonds. The van der Waals surface area contributed by atoms with Crippen molar-refractivity contribution in [2.45, 2.75) is 20.5 Å². The maximum absolute atomic E-state index is 9.91. The van der Waals surface area contributed by atoms with Crippen LogP contribution in [-0.4, -0.2) is 26.4 Å². The lowest BCUT2D eigenvalue weighted by molar-refractivity contribution is 0.280. The van der Waals surface area contributed by atoms with E-state index in [1.807, 2.05) is 6.92 Å². The predicted molar refractivity (Wildman–Crippen MR) is 81.9 cm³/mol. The van der Waals surface area contributed by atoms with Crippen LogP contribution in [0.5, 0.6) is 5.75 Å². The Morgan fingerprint density at radius 1 is 1.35 bits per heavy atom. The number of anilines is 1. The molecular weight excluding hydrogens is 300 g/mol. The second-order valence-electron chi connectivity index (χ2n) is 3.94. The first-order valence-corrected chi connectivity index (χ1v) is 6.43. The van der Waals surface area contributed by atoms with Crippen LogP contribution in [0.1, 0.15) is 21.7 Å². The Bertz CT molecular complexity index is 615. The lowest BCUT2D eigenvalue weighted by Crippen LogP contribution is -1.99. The Hall–Kier alpha value is -1.70. The minimum absolute atomic E-state index is 0. The number of aliphatic hydroxyl groups excluding tert-OH is 1. The summed E-state index contributed by atoms with van der Waals surface area (Å²) in [6, 6.07) is 0. The average molecular weight is 315 g/mol. The summed E-state index contributed by atoms with van der Waals surface area (Å²) in [5.41, 5.74) is 4.24. The molecule has 0 aliphatic rings. The molecule has 6 nitrogen and oxygen atoms in total. The molecular formula is C12H15ClN4O2S. The van der Waals surface area contributed by atoms with Gasteiger partial charge in [0, 0.05) is 28.4 Å². The predicted octanol–water partition coefficient (Wildman–Crippen LogP) is 2.22. The van der Waals surface area contributed by atoms with E-state index in [0.717, 1.165) is 4.88 Å². The molecule has 8 heteroatoms. The number of thiazole rings is 1. The van der Waals surface area contributed by atoms with Crippen LogP contribution >= 0.6 is 23.7 Å². The number of pyridine rings is 1. The number of aromatic hydroxyl groups is 1. The van der Waals surface area contributed by atoms with Crippen molar-refractivity contribution in [2.75, 3.05) is 5.43 Å². The fourth-order valence-electron chi connectivity index (χ4n) is 1.48. The smallest absolute Gasteiger partial charge is 0.203 e. The minimum Gasteiger partial charge on any atom is -0.505 e. The molecule has 0 aliphatic carbocycles. The fourth-order valence-corrected chi connectivity index (χ4v) is 2.10. The normalized spacial score (nSPS) is 10.6. The van der Waals surface area contributed by atoms with E-state index in [1.54, 1.807) is 13.1 Å². The van der Waals surface area contributed by atoms with Crippen molar-refractivity contribution in [1.29, 1.82) is 0 Å². The average Bonchev–Trinajstić information content (AvgIpc) is 2.80. The Balaban J connectivity index is 0.00000200. The zero-order valence-electron chi connectivity index (χ0n) is 11.0. The molecule has 20 heavy (non-hydrogen) atoms. The van der Waals surface area contributed by atoms with Gasteiger partial charge in [0.05, 0.1) is 18.5 Å². The standard InChI is InChI=1S/C12H14N4O2S.ClH/c1-7-3-14-12(19-7)16-15-5-10-9(6-17)4-13-8(2)11(10)18;/h3-5,17-18H,6H2,1-2H3,(H,14,16);1H/b15-5+;. The van der Waals surface area contributed by atoms with Crippen LogP contribution in [0.2, 0.25) is 0 Å². The van der Waals surface area contributed by atoms with Crippen molar-refractivity contribution in [3.05, 3.63) is 34.1 Å². The molecule has 0 aliphatic heterocycles. The number of hydrogen-bond acceptors (Lipinski definition) is 7. The van der Waals surface area contributed by atoms with Gasteiger partial charge in [-0.15, -0.1) is 23.7 Å².